The van der Waals surface area contributed by atoms with Crippen molar-refractivity contribution < 1.29 is 26.4 Å². The summed E-state index contributed by atoms with van der Waals surface area (Å²) in [5.74, 6) is 0.736. The van der Waals surface area contributed by atoms with E-state index in [0.717, 1.165) is 25.1 Å². The van der Waals surface area contributed by atoms with Crippen molar-refractivity contribution in [2.45, 2.75) is 30.8 Å². The fourth-order valence-electron chi connectivity index (χ4n) is 4.21. The molecule has 2 fully saturated rings. The van der Waals surface area contributed by atoms with E-state index in [4.69, 9.17) is 0 Å². The smallest absolute Gasteiger partial charge is 0.353 e. The van der Waals surface area contributed by atoms with Crippen LogP contribution in [0.3, 0.4) is 0 Å². The highest BCUT2D eigenvalue weighted by atomic mass is 32.2. The van der Waals surface area contributed by atoms with Crippen LogP contribution in [0.2, 0.25) is 0 Å². The van der Waals surface area contributed by atoms with Gasteiger partial charge in [0.05, 0.1) is 10.5 Å². The van der Waals surface area contributed by atoms with Gasteiger partial charge in [-0.2, -0.15) is 17.5 Å². The maximum Gasteiger partial charge on any atom is 0.417 e. The van der Waals surface area contributed by atoms with Gasteiger partial charge in [-0.1, -0.05) is 6.92 Å². The van der Waals surface area contributed by atoms with Gasteiger partial charge in [-0.25, -0.2) is 13.4 Å². The summed E-state index contributed by atoms with van der Waals surface area (Å²) in [4.78, 5) is 20.5. The molecule has 1 amide bonds. The van der Waals surface area contributed by atoms with Gasteiger partial charge < -0.3 is 9.80 Å². The van der Waals surface area contributed by atoms with E-state index in [0.29, 0.717) is 56.6 Å². The Morgan fingerprint density at radius 2 is 1.56 bits per heavy atom. The third kappa shape index (κ3) is 5.20. The Hall–Kier alpha value is -2.66. The molecule has 1 aromatic heterocycles. The highest BCUT2D eigenvalue weighted by Crippen LogP contribution is 2.29. The number of piperidine rings is 1. The maximum atomic E-state index is 12.9. The zero-order valence-corrected chi connectivity index (χ0v) is 19.6. The predicted molar refractivity (Wildman–Crippen MR) is 121 cm³/mol. The molecule has 34 heavy (non-hydrogen) atoms. The molecule has 2 saturated heterocycles. The molecule has 0 saturated carbocycles. The first-order valence-corrected chi connectivity index (χ1v) is 12.7. The number of nitrogens with zero attached hydrogens (tertiary/aromatic N) is 4. The number of anilines is 1. The summed E-state index contributed by atoms with van der Waals surface area (Å²) in [6, 6.07) is 8.35. The number of hydrogen-bond acceptors (Lipinski definition) is 5. The molecule has 0 unspecified atom stereocenters. The summed E-state index contributed by atoms with van der Waals surface area (Å²) in [7, 11) is -3.58. The van der Waals surface area contributed by atoms with Gasteiger partial charge in [-0.05, 0) is 55.2 Å². The lowest BCUT2D eigenvalue weighted by atomic mass is 10.0. The van der Waals surface area contributed by atoms with Crippen molar-refractivity contribution in [3.63, 3.8) is 0 Å². The van der Waals surface area contributed by atoms with E-state index in [1.165, 1.54) is 34.6 Å². The summed E-state index contributed by atoms with van der Waals surface area (Å²) in [6.45, 7) is 4.75. The average Bonchev–Trinajstić information content (AvgIpc) is 2.83. The molecule has 2 aliphatic rings. The van der Waals surface area contributed by atoms with Gasteiger partial charge in [0.25, 0.3) is 5.91 Å². The molecular weight excluding hydrogens is 469 g/mol. The van der Waals surface area contributed by atoms with Crippen LogP contribution < -0.4 is 4.90 Å². The van der Waals surface area contributed by atoms with Crippen LogP contribution in [-0.2, 0) is 16.2 Å². The zero-order valence-electron chi connectivity index (χ0n) is 18.8. The van der Waals surface area contributed by atoms with E-state index in [1.54, 1.807) is 4.90 Å². The third-order valence-electron chi connectivity index (χ3n) is 6.45. The van der Waals surface area contributed by atoms with E-state index < -0.39 is 21.8 Å². The first-order valence-electron chi connectivity index (χ1n) is 11.2. The topological polar surface area (TPSA) is 73.8 Å². The highest BCUT2D eigenvalue weighted by Gasteiger charge is 2.32. The van der Waals surface area contributed by atoms with Crippen molar-refractivity contribution >= 4 is 21.7 Å². The average molecular weight is 497 g/mol. The van der Waals surface area contributed by atoms with Crippen molar-refractivity contribution in [3.8, 4) is 0 Å². The van der Waals surface area contributed by atoms with Crippen LogP contribution in [0.4, 0.5) is 19.0 Å². The molecule has 7 nitrogen and oxygen atoms in total. The number of benzene rings is 1. The summed E-state index contributed by atoms with van der Waals surface area (Å²) in [5, 5.41) is 0. The van der Waals surface area contributed by atoms with Gasteiger partial charge >= 0.3 is 6.18 Å². The second-order valence-electron chi connectivity index (χ2n) is 8.79. The number of piperazine rings is 1. The Labute approximate surface area is 197 Å². The lowest BCUT2D eigenvalue weighted by Crippen LogP contribution is -2.49. The number of carbonyl (C=O) groups is 1. The van der Waals surface area contributed by atoms with E-state index in [9.17, 15) is 26.4 Å². The first kappa shape index (κ1) is 24.5. The number of amides is 1. The van der Waals surface area contributed by atoms with Crippen molar-refractivity contribution in [1.82, 2.24) is 14.2 Å². The molecule has 2 aliphatic heterocycles. The van der Waals surface area contributed by atoms with Crippen LogP contribution in [-0.4, -0.2) is 67.8 Å². The molecule has 3 heterocycles. The van der Waals surface area contributed by atoms with Gasteiger partial charge in [0.1, 0.15) is 5.82 Å². The molecule has 0 aliphatic carbocycles. The minimum absolute atomic E-state index is 0.178. The van der Waals surface area contributed by atoms with Gasteiger partial charge in [-0.15, -0.1) is 0 Å². The van der Waals surface area contributed by atoms with Gasteiger partial charge in [0.15, 0.2) is 0 Å². The van der Waals surface area contributed by atoms with Gasteiger partial charge in [0, 0.05) is 51.0 Å². The molecule has 2 aromatic rings. The second-order valence-corrected chi connectivity index (χ2v) is 10.7. The number of hydrogen-bond donors (Lipinski definition) is 0. The Kier molecular flexibility index (Phi) is 6.86. The molecule has 0 radical (unpaired) electrons. The van der Waals surface area contributed by atoms with Crippen molar-refractivity contribution in [1.29, 1.82) is 0 Å². The summed E-state index contributed by atoms with van der Waals surface area (Å²) < 4.78 is 65.4. The van der Waals surface area contributed by atoms with Crippen LogP contribution >= 0.6 is 0 Å². The van der Waals surface area contributed by atoms with Crippen LogP contribution in [0.1, 0.15) is 35.7 Å². The zero-order chi connectivity index (χ0) is 24.5. The molecular formula is C23H27F3N4O3S. The molecule has 11 heteroatoms. The number of carbonyl (C=O) groups excluding carboxylic acids is 1. The standard InChI is InChI=1S/C23H27F3N4O3S/c1-17-8-10-30(11-9-17)34(32,33)20-5-2-18(3-6-20)22(31)29-14-12-28(13-15-29)21-7-4-19(16-27-21)23(24,25)26/h2-7,16-17H,8-15H2,1H3. The predicted octanol–water partition coefficient (Wildman–Crippen LogP) is 3.48. The molecule has 0 spiro atoms. The monoisotopic (exact) mass is 496 g/mol. The van der Waals surface area contributed by atoms with E-state index in [-0.39, 0.29) is 10.8 Å². The minimum atomic E-state index is -4.43. The normalized spacial score (nSPS) is 18.8. The van der Waals surface area contributed by atoms with Gasteiger partial charge in [0.2, 0.25) is 10.0 Å². The third-order valence-corrected chi connectivity index (χ3v) is 8.36. The maximum absolute atomic E-state index is 12.9. The number of alkyl halides is 3. The largest absolute Gasteiger partial charge is 0.417 e. The molecule has 0 atom stereocenters. The number of pyridine rings is 1. The van der Waals surface area contributed by atoms with Crippen molar-refractivity contribution in [2.24, 2.45) is 5.92 Å². The first-order chi connectivity index (χ1) is 16.1. The SMILES string of the molecule is CC1CCN(S(=O)(=O)c2ccc(C(=O)N3CCN(c4ccc(C(F)(F)F)cn4)CC3)cc2)CC1. The number of aromatic nitrogens is 1. The Bertz CT molecular complexity index is 1110. The van der Waals surface area contributed by atoms with E-state index in [1.807, 2.05) is 4.90 Å². The Morgan fingerprint density at radius 1 is 0.941 bits per heavy atom. The molecule has 184 valence electrons. The Balaban J connectivity index is 1.36. The summed E-state index contributed by atoms with van der Waals surface area (Å²) >= 11 is 0. The molecule has 4 rings (SSSR count). The number of halogens is 3. The highest BCUT2D eigenvalue weighted by molar-refractivity contribution is 7.89. The van der Waals surface area contributed by atoms with Crippen molar-refractivity contribution in [2.75, 3.05) is 44.2 Å². The molecule has 1 aromatic carbocycles. The minimum Gasteiger partial charge on any atom is -0.353 e. The second kappa shape index (κ2) is 9.53. The Morgan fingerprint density at radius 3 is 2.09 bits per heavy atom. The summed E-state index contributed by atoms with van der Waals surface area (Å²) in [6.07, 6.45) is -1.95. The van der Waals surface area contributed by atoms with E-state index in [2.05, 4.69) is 11.9 Å². The molecule has 0 bridgehead atoms. The lowest BCUT2D eigenvalue weighted by molar-refractivity contribution is -0.137. The molecule has 0 N–H and O–H groups in total. The fourth-order valence-corrected chi connectivity index (χ4v) is 5.68. The van der Waals surface area contributed by atoms with Crippen LogP contribution in [0.25, 0.3) is 0 Å². The number of rotatable bonds is 4. The lowest BCUT2D eigenvalue weighted by Gasteiger charge is -2.35. The van der Waals surface area contributed by atoms with E-state index >= 15 is 0 Å². The van der Waals surface area contributed by atoms with Crippen LogP contribution in [0, 0.1) is 5.92 Å². The summed E-state index contributed by atoms with van der Waals surface area (Å²) in [5.41, 5.74) is -0.405. The quantitative estimate of drug-likeness (QED) is 0.648. The van der Waals surface area contributed by atoms with Crippen LogP contribution in [0.15, 0.2) is 47.5 Å². The number of sulfonamides is 1. The fraction of sp³-hybridized carbons (Fsp3) is 0.478. The van der Waals surface area contributed by atoms with Gasteiger partial charge in [-0.3, -0.25) is 4.79 Å². The van der Waals surface area contributed by atoms with Crippen molar-refractivity contribution in [3.05, 3.63) is 53.7 Å². The van der Waals surface area contributed by atoms with Crippen LogP contribution in [0.5, 0.6) is 0 Å².